The lowest BCUT2D eigenvalue weighted by atomic mass is 14.0. The van der Waals surface area contributed by atoms with Gasteiger partial charge in [0.2, 0.25) is 0 Å². The average Bonchev–Trinajstić information content (AvgIpc) is 0.811. The second-order valence-electron chi connectivity index (χ2n) is 0.380. The molecule has 0 radical (unpaired) electrons. The van der Waals surface area contributed by atoms with Gasteiger partial charge in [-0.1, -0.05) is 17.9 Å². The minimum atomic E-state index is -0.787. The Bertz CT molecular complexity index is 49.4. The van der Waals surface area contributed by atoms with Crippen LogP contribution in [0.25, 0.3) is 0 Å². The smallest absolute Gasteiger partial charge is 0.0763 e. The molecule has 0 spiro atoms. The summed E-state index contributed by atoms with van der Waals surface area (Å²) in [4.78, 5) is 0. The standard InChI is InChI=1S/H4NP3/c1-4(2)3/h2-3H2. The average molecular weight is 111 g/mol. The fourth-order valence-electron chi connectivity index (χ4n) is 0. The quantitative estimate of drug-likeness (QED) is 0.435. The molecule has 0 amide bonds. The Morgan fingerprint density at radius 1 is 1.50 bits per heavy atom. The summed E-state index contributed by atoms with van der Waals surface area (Å²) in [6.07, 6.45) is 0. The first kappa shape index (κ1) is 4.87. The Kier molecular flexibility index (Phi) is 2.59. The van der Waals surface area contributed by atoms with Gasteiger partial charge < -0.3 is 0 Å². The van der Waals surface area contributed by atoms with E-state index in [-0.39, 0.29) is 0 Å². The summed E-state index contributed by atoms with van der Waals surface area (Å²) in [5.74, 6) is 0. The van der Waals surface area contributed by atoms with Gasteiger partial charge >= 0.3 is 0 Å². The first-order valence-electron chi connectivity index (χ1n) is 0.716. The van der Waals surface area contributed by atoms with E-state index in [2.05, 4.69) is 17.9 Å². The highest BCUT2D eigenvalue weighted by atomic mass is 32.4. The van der Waals surface area contributed by atoms with Crippen LogP contribution in [-0.4, -0.2) is 0 Å². The lowest BCUT2D eigenvalue weighted by Gasteiger charge is -1.53. The Labute approximate surface area is 30.7 Å². The van der Waals surface area contributed by atoms with Crippen LogP contribution in [-0.2, 0) is 0 Å². The summed E-state index contributed by atoms with van der Waals surface area (Å²) in [6.45, 7) is -0.787. The van der Waals surface area contributed by atoms with Crippen LogP contribution >= 0.6 is 24.8 Å². The van der Waals surface area contributed by atoms with Crippen LogP contribution in [0.1, 0.15) is 0 Å². The topological polar surface area (TPSA) is 23.8 Å². The van der Waals surface area contributed by atoms with E-state index in [1.165, 1.54) is 0 Å². The minimum Gasteiger partial charge on any atom is -0.237 e. The largest absolute Gasteiger partial charge is 0.237 e. The van der Waals surface area contributed by atoms with E-state index in [1.807, 2.05) is 0 Å². The molecule has 0 aliphatic heterocycles. The van der Waals surface area contributed by atoms with Crippen molar-refractivity contribution in [3.8, 4) is 0 Å². The summed E-state index contributed by atoms with van der Waals surface area (Å²) >= 11 is 0. The van der Waals surface area contributed by atoms with Gasteiger partial charge in [-0.05, 0) is 0 Å². The lowest BCUT2D eigenvalue weighted by molar-refractivity contribution is 1.66. The molecule has 2 atom stereocenters. The second-order valence-corrected chi connectivity index (χ2v) is 6.10. The fraction of sp³-hybridized carbons (Fsp3) is 0. The zero-order valence-electron chi connectivity index (χ0n) is 2.05. The molecule has 0 saturated carbocycles. The molecule has 0 aromatic carbocycles. The van der Waals surface area contributed by atoms with Crippen LogP contribution in [0.15, 0.2) is 0 Å². The predicted octanol–water partition coefficient (Wildman–Crippen LogP) is 1.53. The molecule has 0 aromatic heterocycles. The molecule has 0 fully saturated rings. The third-order valence-electron chi connectivity index (χ3n) is 0. The van der Waals surface area contributed by atoms with Gasteiger partial charge in [-0.15, -0.1) is 0 Å². The molecule has 0 aliphatic carbocycles. The van der Waals surface area contributed by atoms with E-state index in [1.54, 1.807) is 0 Å². The molecule has 4 heavy (non-hydrogen) atoms. The highest BCUT2D eigenvalue weighted by Crippen LogP contribution is 2.35. The Morgan fingerprint density at radius 2 is 1.50 bits per heavy atom. The summed E-state index contributed by atoms with van der Waals surface area (Å²) in [6, 6.07) is 0. The van der Waals surface area contributed by atoms with Gasteiger partial charge in [-0.3, -0.25) is 0 Å². The van der Waals surface area contributed by atoms with E-state index in [9.17, 15) is 0 Å². The summed E-state index contributed by atoms with van der Waals surface area (Å²) < 4.78 is 0. The van der Waals surface area contributed by atoms with Crippen LogP contribution in [0, 0.1) is 5.00 Å². The summed E-state index contributed by atoms with van der Waals surface area (Å²) in [5.41, 5.74) is 0. The van der Waals surface area contributed by atoms with Gasteiger partial charge in [0.1, 0.15) is 0 Å². The van der Waals surface area contributed by atoms with E-state index >= 15 is 0 Å². The Morgan fingerprint density at radius 3 is 1.50 bits per heavy atom. The maximum absolute atomic E-state index is 8.05. The number of hydrogen-bond donors (Lipinski definition) is 0. The van der Waals surface area contributed by atoms with E-state index in [4.69, 9.17) is 5.00 Å². The normalized spacial score (nSPS) is 6.25. The second kappa shape index (κ2) is 2.13. The van der Waals surface area contributed by atoms with Crippen molar-refractivity contribution in [1.29, 1.82) is 5.00 Å². The van der Waals surface area contributed by atoms with Gasteiger partial charge in [0.25, 0.3) is 0 Å². The zero-order chi connectivity index (χ0) is 3.58. The van der Waals surface area contributed by atoms with Crippen molar-refractivity contribution in [1.82, 2.24) is 0 Å². The van der Waals surface area contributed by atoms with Crippen LogP contribution in [0.4, 0.5) is 0 Å². The third-order valence-corrected chi connectivity index (χ3v) is 0. The monoisotopic (exact) mass is 111 g/mol. The van der Waals surface area contributed by atoms with Gasteiger partial charge in [-0.2, -0.15) is 0 Å². The van der Waals surface area contributed by atoms with E-state index < -0.39 is 6.93 Å². The molecular formula is H4NP3. The molecule has 0 heterocycles. The first-order chi connectivity index (χ1) is 1.73. The van der Waals surface area contributed by atoms with Gasteiger partial charge in [0, 0.05) is 0 Å². The van der Waals surface area contributed by atoms with Crippen molar-refractivity contribution in [3.05, 3.63) is 0 Å². The first-order valence-corrected chi connectivity index (χ1v) is 5.25. The maximum Gasteiger partial charge on any atom is 0.0763 e. The van der Waals surface area contributed by atoms with Crippen LogP contribution in [0.2, 0.25) is 0 Å². The molecule has 0 N–H and O–H groups in total. The zero-order valence-corrected chi connectivity index (χ0v) is 5.25. The number of nitrogens with zero attached hydrogens (tertiary/aromatic N) is 1. The van der Waals surface area contributed by atoms with Gasteiger partial charge in [0.05, 0.1) is 6.93 Å². The minimum absolute atomic E-state index is 0.787. The molecule has 0 saturated heterocycles. The molecule has 1 nitrogen and oxygen atoms in total. The molecule has 0 aromatic rings. The molecule has 0 rings (SSSR count). The van der Waals surface area contributed by atoms with Crippen LogP contribution < -0.4 is 0 Å². The van der Waals surface area contributed by atoms with Crippen molar-refractivity contribution >= 4 is 24.8 Å². The van der Waals surface area contributed by atoms with Gasteiger partial charge in [0.15, 0.2) is 0 Å². The summed E-state index contributed by atoms with van der Waals surface area (Å²) in [5, 5.41) is 8.05. The fourth-order valence-corrected chi connectivity index (χ4v) is 0. The lowest BCUT2D eigenvalue weighted by Crippen LogP contribution is -0.777. The van der Waals surface area contributed by atoms with Crippen LogP contribution in [0.3, 0.4) is 0 Å². The molecule has 2 unspecified atom stereocenters. The van der Waals surface area contributed by atoms with Crippen molar-refractivity contribution in [3.63, 3.8) is 0 Å². The molecule has 4 heteroatoms. The van der Waals surface area contributed by atoms with E-state index in [0.29, 0.717) is 0 Å². The Balaban J connectivity index is 3.02. The molecule has 0 bridgehead atoms. The Hall–Kier alpha value is 0.870. The number of rotatable bonds is 0. The van der Waals surface area contributed by atoms with Crippen LogP contribution in [0.5, 0.6) is 0 Å². The molecule has 24 valence electrons. The van der Waals surface area contributed by atoms with Crippen molar-refractivity contribution in [2.24, 2.45) is 0 Å². The van der Waals surface area contributed by atoms with E-state index in [0.717, 1.165) is 0 Å². The third kappa shape index (κ3) is 13.3. The number of hydrogen-bond acceptors (Lipinski definition) is 1. The van der Waals surface area contributed by atoms with Crippen molar-refractivity contribution in [2.75, 3.05) is 0 Å². The highest BCUT2D eigenvalue weighted by molar-refractivity contribution is 8.36. The molecular weight excluding hydrogens is 107 g/mol. The highest BCUT2D eigenvalue weighted by Gasteiger charge is 1.53. The summed E-state index contributed by atoms with van der Waals surface area (Å²) in [7, 11) is 4.48. The maximum atomic E-state index is 8.05. The van der Waals surface area contributed by atoms with Crippen molar-refractivity contribution < 1.29 is 0 Å². The van der Waals surface area contributed by atoms with Crippen molar-refractivity contribution in [2.45, 2.75) is 0 Å². The SMILES string of the molecule is N#P(P)P. The predicted molar refractivity (Wildman–Crippen MR) is 28.1 cm³/mol. The molecule has 0 aliphatic rings. The van der Waals surface area contributed by atoms with Gasteiger partial charge in [-0.25, -0.2) is 5.00 Å².